The number of nitrogen functional groups attached to an aromatic ring is 1. The summed E-state index contributed by atoms with van der Waals surface area (Å²) in [6.07, 6.45) is 0. The first kappa shape index (κ1) is 12.5. The van der Waals surface area contributed by atoms with Crippen LogP contribution in [0.3, 0.4) is 0 Å². The molecule has 3 rings (SSSR count). The zero-order valence-electron chi connectivity index (χ0n) is 11.9. The Kier molecular flexibility index (Phi) is 2.86. The van der Waals surface area contributed by atoms with E-state index in [0.29, 0.717) is 0 Å². The molecule has 1 aromatic heterocycles. The molecular formula is C16H18N4. The lowest BCUT2D eigenvalue weighted by molar-refractivity contribution is 1.17. The van der Waals surface area contributed by atoms with E-state index in [1.165, 1.54) is 5.56 Å². The molecular weight excluding hydrogens is 248 g/mol. The van der Waals surface area contributed by atoms with E-state index >= 15 is 0 Å². The summed E-state index contributed by atoms with van der Waals surface area (Å²) in [5, 5.41) is 0. The van der Waals surface area contributed by atoms with Crippen molar-refractivity contribution in [1.29, 1.82) is 0 Å². The van der Waals surface area contributed by atoms with Crippen molar-refractivity contribution in [2.75, 3.05) is 17.7 Å². The fraction of sp³-hybridized carbons (Fsp3) is 0.188. The van der Waals surface area contributed by atoms with Crippen molar-refractivity contribution in [3.05, 3.63) is 47.8 Å². The molecule has 3 aromatic rings. The number of anilines is 3. The van der Waals surface area contributed by atoms with Gasteiger partial charge in [-0.2, -0.15) is 0 Å². The summed E-state index contributed by atoms with van der Waals surface area (Å²) in [5.74, 6) is 0.926. The second kappa shape index (κ2) is 4.56. The highest BCUT2D eigenvalue weighted by atomic mass is 15.1. The summed E-state index contributed by atoms with van der Waals surface area (Å²) in [5.41, 5.74) is 12.2. The van der Waals surface area contributed by atoms with E-state index in [-0.39, 0.29) is 0 Å². The number of hydrogen-bond donors (Lipinski definition) is 2. The first-order valence-electron chi connectivity index (χ1n) is 6.61. The summed E-state index contributed by atoms with van der Waals surface area (Å²) in [7, 11) is 2.02. The molecule has 20 heavy (non-hydrogen) atoms. The Morgan fingerprint density at radius 2 is 1.90 bits per heavy atom. The molecule has 4 nitrogen and oxygen atoms in total. The number of aromatic nitrogens is 2. The van der Waals surface area contributed by atoms with Crippen molar-refractivity contribution in [3.63, 3.8) is 0 Å². The summed E-state index contributed by atoms with van der Waals surface area (Å²) >= 11 is 0. The van der Waals surface area contributed by atoms with Crippen molar-refractivity contribution in [2.24, 2.45) is 0 Å². The summed E-state index contributed by atoms with van der Waals surface area (Å²) < 4.78 is 0. The van der Waals surface area contributed by atoms with Gasteiger partial charge in [-0.05, 0) is 49.7 Å². The Morgan fingerprint density at radius 1 is 1.10 bits per heavy atom. The van der Waals surface area contributed by atoms with Crippen LogP contribution in [0.1, 0.15) is 11.4 Å². The van der Waals surface area contributed by atoms with Crippen LogP contribution in [0.2, 0.25) is 0 Å². The molecule has 0 bridgehead atoms. The molecule has 0 atom stereocenters. The zero-order valence-corrected chi connectivity index (χ0v) is 11.9. The molecule has 0 amide bonds. The van der Waals surface area contributed by atoms with E-state index < -0.39 is 0 Å². The molecule has 4 heteroatoms. The molecule has 0 aliphatic rings. The molecule has 1 heterocycles. The highest BCUT2D eigenvalue weighted by Crippen LogP contribution is 2.30. The molecule has 0 unspecified atom stereocenters. The normalized spacial score (nSPS) is 10.9. The van der Waals surface area contributed by atoms with Crippen molar-refractivity contribution >= 4 is 28.1 Å². The third-order valence-electron chi connectivity index (χ3n) is 3.52. The van der Waals surface area contributed by atoms with E-state index in [1.54, 1.807) is 0 Å². The monoisotopic (exact) mass is 266 g/mol. The SMILES string of the molecule is Cc1ccc(N(C)c2ccc3nc(C)[nH]c3c2)c(N)c1. The zero-order chi connectivity index (χ0) is 14.3. The van der Waals surface area contributed by atoms with Gasteiger partial charge in [-0.3, -0.25) is 0 Å². The number of rotatable bonds is 2. The quantitative estimate of drug-likeness (QED) is 0.698. The van der Waals surface area contributed by atoms with E-state index in [0.717, 1.165) is 33.9 Å². The highest BCUT2D eigenvalue weighted by Gasteiger charge is 2.09. The molecule has 102 valence electrons. The van der Waals surface area contributed by atoms with E-state index in [2.05, 4.69) is 33.1 Å². The topological polar surface area (TPSA) is 57.9 Å². The minimum Gasteiger partial charge on any atom is -0.397 e. The Bertz CT molecular complexity index is 773. The second-order valence-corrected chi connectivity index (χ2v) is 5.14. The standard InChI is InChI=1S/C16H18N4/c1-10-4-7-16(13(17)8-10)20(3)12-5-6-14-15(9-12)19-11(2)18-14/h4-9H,17H2,1-3H3,(H,18,19). The number of aryl methyl sites for hydroxylation is 2. The first-order chi connectivity index (χ1) is 9.54. The average molecular weight is 266 g/mol. The molecule has 0 aliphatic heterocycles. The lowest BCUT2D eigenvalue weighted by Gasteiger charge is -2.21. The Morgan fingerprint density at radius 3 is 2.65 bits per heavy atom. The van der Waals surface area contributed by atoms with Gasteiger partial charge in [-0.1, -0.05) is 6.07 Å². The first-order valence-corrected chi connectivity index (χ1v) is 6.61. The highest BCUT2D eigenvalue weighted by molar-refractivity contribution is 5.83. The van der Waals surface area contributed by atoms with Gasteiger partial charge >= 0.3 is 0 Å². The van der Waals surface area contributed by atoms with Gasteiger partial charge in [-0.25, -0.2) is 4.98 Å². The fourth-order valence-electron chi connectivity index (χ4n) is 2.45. The fourth-order valence-corrected chi connectivity index (χ4v) is 2.45. The van der Waals surface area contributed by atoms with Crippen LogP contribution in [-0.4, -0.2) is 17.0 Å². The van der Waals surface area contributed by atoms with Crippen LogP contribution in [0.5, 0.6) is 0 Å². The van der Waals surface area contributed by atoms with E-state index in [9.17, 15) is 0 Å². The maximum atomic E-state index is 6.11. The van der Waals surface area contributed by atoms with Crippen molar-refractivity contribution < 1.29 is 0 Å². The molecule has 3 N–H and O–H groups in total. The molecule has 0 spiro atoms. The van der Waals surface area contributed by atoms with Crippen LogP contribution >= 0.6 is 0 Å². The number of nitrogens with one attached hydrogen (secondary N) is 1. The molecule has 0 saturated carbocycles. The number of nitrogens with zero attached hydrogens (tertiary/aromatic N) is 2. The Balaban J connectivity index is 2.04. The van der Waals surface area contributed by atoms with Crippen LogP contribution in [0, 0.1) is 13.8 Å². The second-order valence-electron chi connectivity index (χ2n) is 5.14. The molecule has 0 aliphatic carbocycles. The number of imidazole rings is 1. The van der Waals surface area contributed by atoms with Gasteiger partial charge in [0.05, 0.1) is 22.4 Å². The summed E-state index contributed by atoms with van der Waals surface area (Å²) in [6, 6.07) is 12.3. The lowest BCUT2D eigenvalue weighted by atomic mass is 10.1. The van der Waals surface area contributed by atoms with Gasteiger partial charge in [0.2, 0.25) is 0 Å². The maximum absolute atomic E-state index is 6.11. The summed E-state index contributed by atoms with van der Waals surface area (Å²) in [6.45, 7) is 4.00. The molecule has 0 radical (unpaired) electrons. The number of H-pyrrole nitrogens is 1. The number of nitrogens with two attached hydrogens (primary N) is 1. The van der Waals surface area contributed by atoms with Crippen LogP contribution in [0.25, 0.3) is 11.0 Å². The Labute approximate surface area is 118 Å². The predicted octanol–water partition coefficient (Wildman–Crippen LogP) is 3.53. The lowest BCUT2D eigenvalue weighted by Crippen LogP contribution is -2.11. The van der Waals surface area contributed by atoms with E-state index in [4.69, 9.17) is 5.73 Å². The number of hydrogen-bond acceptors (Lipinski definition) is 3. The van der Waals surface area contributed by atoms with Gasteiger partial charge in [0.15, 0.2) is 0 Å². The van der Waals surface area contributed by atoms with Crippen LogP contribution in [-0.2, 0) is 0 Å². The van der Waals surface area contributed by atoms with Crippen molar-refractivity contribution in [2.45, 2.75) is 13.8 Å². The number of fused-ring (bicyclic) bond motifs is 1. The van der Waals surface area contributed by atoms with E-state index in [1.807, 2.05) is 39.1 Å². The van der Waals surface area contributed by atoms with Crippen LogP contribution in [0.4, 0.5) is 17.1 Å². The van der Waals surface area contributed by atoms with Crippen molar-refractivity contribution in [1.82, 2.24) is 9.97 Å². The molecule has 0 fully saturated rings. The van der Waals surface area contributed by atoms with Crippen LogP contribution < -0.4 is 10.6 Å². The van der Waals surface area contributed by atoms with Crippen molar-refractivity contribution in [3.8, 4) is 0 Å². The minimum absolute atomic E-state index is 0.786. The Hall–Kier alpha value is -2.49. The smallest absolute Gasteiger partial charge is 0.104 e. The average Bonchev–Trinajstić information content (AvgIpc) is 2.77. The predicted molar refractivity (Wildman–Crippen MR) is 84.5 cm³/mol. The molecule has 2 aromatic carbocycles. The van der Waals surface area contributed by atoms with Gasteiger partial charge in [0.25, 0.3) is 0 Å². The summed E-state index contributed by atoms with van der Waals surface area (Å²) in [4.78, 5) is 9.76. The third-order valence-corrected chi connectivity index (χ3v) is 3.52. The number of aromatic amines is 1. The van der Waals surface area contributed by atoms with Gasteiger partial charge in [-0.15, -0.1) is 0 Å². The maximum Gasteiger partial charge on any atom is 0.104 e. The minimum atomic E-state index is 0.786. The van der Waals surface area contributed by atoms with Gasteiger partial charge in [0, 0.05) is 12.7 Å². The van der Waals surface area contributed by atoms with Gasteiger partial charge in [0.1, 0.15) is 5.82 Å². The third kappa shape index (κ3) is 2.09. The molecule has 0 saturated heterocycles. The van der Waals surface area contributed by atoms with Gasteiger partial charge < -0.3 is 15.6 Å². The van der Waals surface area contributed by atoms with Crippen LogP contribution in [0.15, 0.2) is 36.4 Å². The largest absolute Gasteiger partial charge is 0.397 e. The number of benzene rings is 2.